The maximum atomic E-state index is 5.57. The van der Waals surface area contributed by atoms with E-state index in [0.29, 0.717) is 41.3 Å². The zero-order valence-corrected chi connectivity index (χ0v) is 19.6. The highest BCUT2D eigenvalue weighted by molar-refractivity contribution is 7.80. The average molecular weight is 457 g/mol. The summed E-state index contributed by atoms with van der Waals surface area (Å²) in [7, 11) is 0. The summed E-state index contributed by atoms with van der Waals surface area (Å²) in [4.78, 5) is 0. The Labute approximate surface area is 194 Å². The van der Waals surface area contributed by atoms with Crippen LogP contribution in [0.25, 0.3) is 0 Å². The topological polar surface area (TPSA) is 82.1 Å². The van der Waals surface area contributed by atoms with Crippen molar-refractivity contribution in [2.24, 2.45) is 10.2 Å². The van der Waals surface area contributed by atoms with E-state index in [0.717, 1.165) is 16.9 Å². The van der Waals surface area contributed by atoms with Gasteiger partial charge in [0.2, 0.25) is 0 Å². The van der Waals surface area contributed by atoms with E-state index in [1.54, 1.807) is 0 Å². The molecule has 0 aromatic heterocycles. The Bertz CT molecular complexity index is 913. The molecule has 7 nitrogen and oxygen atoms in total. The van der Waals surface area contributed by atoms with Gasteiger partial charge in [-0.05, 0) is 69.5 Å². The van der Waals surface area contributed by atoms with Crippen LogP contribution in [0, 0.1) is 0 Å². The van der Waals surface area contributed by atoms with Gasteiger partial charge in [0, 0.05) is 24.2 Å². The molecule has 0 heterocycles. The number of benzene rings is 2. The fourth-order valence-corrected chi connectivity index (χ4v) is 2.97. The van der Waals surface area contributed by atoms with Crippen LogP contribution in [-0.4, -0.2) is 41.3 Å². The summed E-state index contributed by atoms with van der Waals surface area (Å²) in [5.74, 6) is 0.784. The second kappa shape index (κ2) is 13.3. The monoisotopic (exact) mass is 456 g/mol. The lowest BCUT2D eigenvalue weighted by molar-refractivity contribution is 0.340. The molecule has 0 radical (unpaired) electrons. The Hall–Kier alpha value is -3.04. The van der Waals surface area contributed by atoms with E-state index in [2.05, 4.69) is 31.7 Å². The number of ether oxygens (including phenoxy) is 1. The molecule has 0 aliphatic rings. The summed E-state index contributed by atoms with van der Waals surface area (Å²) in [6.45, 7) is 7.87. The van der Waals surface area contributed by atoms with Crippen molar-refractivity contribution in [2.45, 2.75) is 20.8 Å². The van der Waals surface area contributed by atoms with Crippen molar-refractivity contribution in [2.75, 3.05) is 19.7 Å². The molecule has 2 rings (SSSR count). The molecule has 0 spiro atoms. The van der Waals surface area contributed by atoms with E-state index in [1.807, 2.05) is 75.4 Å². The molecule has 0 aliphatic heterocycles. The van der Waals surface area contributed by atoms with Gasteiger partial charge >= 0.3 is 0 Å². The smallest absolute Gasteiger partial charge is 0.186 e. The molecule has 0 saturated carbocycles. The minimum atomic E-state index is 0.425. The molecule has 0 amide bonds. The van der Waals surface area contributed by atoms with Crippen molar-refractivity contribution in [3.8, 4) is 5.75 Å². The molecule has 0 fully saturated rings. The van der Waals surface area contributed by atoms with Crippen LogP contribution in [0.4, 0.5) is 0 Å². The molecule has 9 heteroatoms. The number of hydrogen-bond acceptors (Lipinski definition) is 5. The second-order valence-corrected chi connectivity index (χ2v) is 7.00. The Morgan fingerprint density at radius 2 is 1.23 bits per heavy atom. The molecular formula is C22H28N6OS2. The van der Waals surface area contributed by atoms with Crippen molar-refractivity contribution >= 4 is 46.1 Å². The first-order valence-corrected chi connectivity index (χ1v) is 10.9. The van der Waals surface area contributed by atoms with E-state index in [1.165, 1.54) is 0 Å². The van der Waals surface area contributed by atoms with Crippen molar-refractivity contribution in [1.82, 2.24) is 21.5 Å². The third-order valence-electron chi connectivity index (χ3n) is 3.92. The number of nitrogens with one attached hydrogen (secondary N) is 4. The first-order valence-electron chi connectivity index (χ1n) is 10.1. The highest BCUT2D eigenvalue weighted by atomic mass is 32.1. The fraction of sp³-hybridized carbons (Fsp3) is 0.273. The van der Waals surface area contributed by atoms with Crippen LogP contribution >= 0.6 is 24.4 Å². The normalized spacial score (nSPS) is 11.5. The Balaban J connectivity index is 2.51. The number of thiocarbonyl (C=S) groups is 2. The standard InChI is InChI=1S/C22H28N6OS2/c1-4-23-21(30)27-25-19(16-10-8-7-9-11-16)20(26-28-22(31)24-5-2)17-12-14-18(15-13-17)29-6-3/h7-15H,4-6H2,1-3H3,(H2,23,27,30)(H2,24,28,31). The summed E-state index contributed by atoms with van der Waals surface area (Å²) < 4.78 is 5.57. The van der Waals surface area contributed by atoms with E-state index in [-0.39, 0.29) is 0 Å². The lowest BCUT2D eigenvalue weighted by Crippen LogP contribution is -2.35. The predicted molar refractivity (Wildman–Crippen MR) is 136 cm³/mol. The van der Waals surface area contributed by atoms with Crippen LogP contribution in [-0.2, 0) is 0 Å². The molecule has 0 saturated heterocycles. The zero-order valence-electron chi connectivity index (χ0n) is 17.9. The maximum absolute atomic E-state index is 5.57. The van der Waals surface area contributed by atoms with E-state index >= 15 is 0 Å². The van der Waals surface area contributed by atoms with Crippen LogP contribution in [0.2, 0.25) is 0 Å². The number of nitrogens with zero attached hydrogens (tertiary/aromatic N) is 2. The lowest BCUT2D eigenvalue weighted by atomic mass is 10.00. The average Bonchev–Trinajstić information content (AvgIpc) is 2.78. The van der Waals surface area contributed by atoms with Crippen molar-refractivity contribution in [3.63, 3.8) is 0 Å². The molecule has 0 atom stereocenters. The number of hydrazone groups is 2. The van der Waals surface area contributed by atoms with Gasteiger partial charge in [-0.1, -0.05) is 30.3 Å². The highest BCUT2D eigenvalue weighted by Crippen LogP contribution is 2.15. The van der Waals surface area contributed by atoms with Gasteiger partial charge < -0.3 is 15.4 Å². The summed E-state index contributed by atoms with van der Waals surface area (Å²) in [5.41, 5.74) is 8.73. The van der Waals surface area contributed by atoms with Crippen LogP contribution in [0.15, 0.2) is 64.8 Å². The SMILES string of the molecule is CCNC(=S)NN=C(C(=NNC(=S)NCC)c1ccc(OCC)cc1)c1ccccc1. The lowest BCUT2D eigenvalue weighted by Gasteiger charge is -2.14. The largest absolute Gasteiger partial charge is 0.494 e. The summed E-state index contributed by atoms with van der Waals surface area (Å²) in [6.07, 6.45) is 0. The van der Waals surface area contributed by atoms with Crippen LogP contribution < -0.4 is 26.2 Å². The zero-order chi connectivity index (χ0) is 22.5. The van der Waals surface area contributed by atoms with Gasteiger partial charge in [0.15, 0.2) is 10.2 Å². The summed E-state index contributed by atoms with van der Waals surface area (Å²) >= 11 is 10.6. The Morgan fingerprint density at radius 3 is 1.68 bits per heavy atom. The van der Waals surface area contributed by atoms with Crippen molar-refractivity contribution in [3.05, 3.63) is 65.7 Å². The highest BCUT2D eigenvalue weighted by Gasteiger charge is 2.16. The molecule has 164 valence electrons. The predicted octanol–water partition coefficient (Wildman–Crippen LogP) is 3.16. The van der Waals surface area contributed by atoms with E-state index in [9.17, 15) is 0 Å². The number of rotatable bonds is 9. The van der Waals surface area contributed by atoms with Gasteiger partial charge in [0.1, 0.15) is 17.2 Å². The van der Waals surface area contributed by atoms with E-state index < -0.39 is 0 Å². The Morgan fingerprint density at radius 1 is 0.742 bits per heavy atom. The van der Waals surface area contributed by atoms with Gasteiger partial charge in [0.05, 0.1) is 6.61 Å². The van der Waals surface area contributed by atoms with Crippen LogP contribution in [0.5, 0.6) is 5.75 Å². The van der Waals surface area contributed by atoms with Gasteiger partial charge in [0.25, 0.3) is 0 Å². The molecule has 2 aromatic carbocycles. The summed E-state index contributed by atoms with van der Waals surface area (Å²) in [6, 6.07) is 17.4. The fourth-order valence-electron chi connectivity index (χ4n) is 2.59. The van der Waals surface area contributed by atoms with Gasteiger partial charge in [-0.3, -0.25) is 10.9 Å². The molecule has 2 aromatic rings. The molecule has 4 N–H and O–H groups in total. The minimum Gasteiger partial charge on any atom is -0.494 e. The Kier molecular flexibility index (Phi) is 10.4. The van der Waals surface area contributed by atoms with Gasteiger partial charge in [-0.2, -0.15) is 10.2 Å². The molecule has 0 unspecified atom stereocenters. The van der Waals surface area contributed by atoms with Crippen molar-refractivity contribution in [1.29, 1.82) is 0 Å². The quantitative estimate of drug-likeness (QED) is 0.262. The second-order valence-electron chi connectivity index (χ2n) is 6.19. The molecule has 31 heavy (non-hydrogen) atoms. The first-order chi connectivity index (χ1) is 15.1. The first kappa shape index (κ1) is 24.2. The maximum Gasteiger partial charge on any atom is 0.186 e. The third kappa shape index (κ3) is 7.95. The van der Waals surface area contributed by atoms with Crippen LogP contribution in [0.3, 0.4) is 0 Å². The van der Waals surface area contributed by atoms with E-state index in [4.69, 9.17) is 29.2 Å². The summed E-state index contributed by atoms with van der Waals surface area (Å²) in [5, 5.41) is 16.1. The minimum absolute atomic E-state index is 0.425. The van der Waals surface area contributed by atoms with Crippen molar-refractivity contribution < 1.29 is 4.74 Å². The van der Waals surface area contributed by atoms with Gasteiger partial charge in [-0.25, -0.2) is 0 Å². The molecule has 0 bridgehead atoms. The van der Waals surface area contributed by atoms with Gasteiger partial charge in [-0.15, -0.1) is 0 Å². The third-order valence-corrected chi connectivity index (χ3v) is 4.39. The molecular weight excluding hydrogens is 428 g/mol. The van der Waals surface area contributed by atoms with Crippen LogP contribution in [0.1, 0.15) is 31.9 Å². The number of hydrogen-bond donors (Lipinski definition) is 4. The molecule has 0 aliphatic carbocycles.